The van der Waals surface area contributed by atoms with Gasteiger partial charge in [0.15, 0.2) is 0 Å². The summed E-state index contributed by atoms with van der Waals surface area (Å²) >= 11 is 0. The Balaban J connectivity index is 2.59. The van der Waals surface area contributed by atoms with E-state index in [-0.39, 0.29) is 0 Å². The summed E-state index contributed by atoms with van der Waals surface area (Å²) in [6, 6.07) is 9.84. The number of hydrogen-bond donors (Lipinski definition) is 1. The van der Waals surface area contributed by atoms with Gasteiger partial charge in [-0.3, -0.25) is 5.43 Å². The van der Waals surface area contributed by atoms with E-state index < -0.39 is 0 Å². The molecule has 0 saturated carbocycles. The van der Waals surface area contributed by atoms with Gasteiger partial charge in [-0.25, -0.2) is 0 Å². The van der Waals surface area contributed by atoms with Crippen molar-refractivity contribution in [1.29, 1.82) is 0 Å². The Kier molecular flexibility index (Phi) is 2.49. The summed E-state index contributed by atoms with van der Waals surface area (Å²) in [7, 11) is 0. The van der Waals surface area contributed by atoms with Crippen LogP contribution < -0.4 is 5.43 Å². The summed E-state index contributed by atoms with van der Waals surface area (Å²) in [5.74, 6) is 0. The zero-order valence-corrected chi connectivity index (χ0v) is 5.91. The Morgan fingerprint density at radius 3 is 2.60 bits per heavy atom. The van der Waals surface area contributed by atoms with Crippen LogP contribution in [0, 0.1) is 0 Å². The van der Waals surface area contributed by atoms with Crippen LogP contribution in [0.1, 0.15) is 6.92 Å². The Morgan fingerprint density at radius 1 is 1.30 bits per heavy atom. The maximum absolute atomic E-state index is 3.87. The van der Waals surface area contributed by atoms with Gasteiger partial charge in [-0.05, 0) is 19.1 Å². The van der Waals surface area contributed by atoms with Crippen LogP contribution in [0.5, 0.6) is 0 Å². The number of hydrogen-bond acceptors (Lipinski definition) is 2. The van der Waals surface area contributed by atoms with Gasteiger partial charge in [0.05, 0.1) is 5.69 Å². The van der Waals surface area contributed by atoms with Crippen LogP contribution in [0.2, 0.25) is 0 Å². The van der Waals surface area contributed by atoms with Crippen molar-refractivity contribution in [3.05, 3.63) is 30.3 Å². The molecule has 0 saturated heterocycles. The first kappa shape index (κ1) is 6.81. The van der Waals surface area contributed by atoms with E-state index in [1.165, 1.54) is 0 Å². The van der Waals surface area contributed by atoms with Crippen LogP contribution in [-0.2, 0) is 0 Å². The highest BCUT2D eigenvalue weighted by Gasteiger charge is 1.81. The highest BCUT2D eigenvalue weighted by molar-refractivity contribution is 5.56. The quantitative estimate of drug-likeness (QED) is 0.486. The van der Waals surface area contributed by atoms with Gasteiger partial charge in [0, 0.05) is 6.21 Å². The van der Waals surface area contributed by atoms with E-state index in [4.69, 9.17) is 0 Å². The van der Waals surface area contributed by atoms with Crippen molar-refractivity contribution in [2.45, 2.75) is 6.92 Å². The minimum Gasteiger partial charge on any atom is -0.279 e. The molecule has 2 heteroatoms. The number of benzene rings is 1. The molecule has 0 bridgehead atoms. The van der Waals surface area contributed by atoms with Gasteiger partial charge >= 0.3 is 0 Å². The van der Waals surface area contributed by atoms with E-state index in [1.807, 2.05) is 37.3 Å². The summed E-state index contributed by atoms with van der Waals surface area (Å²) in [4.78, 5) is 0. The van der Waals surface area contributed by atoms with Crippen molar-refractivity contribution >= 4 is 11.9 Å². The number of hydrazone groups is 1. The van der Waals surface area contributed by atoms with Gasteiger partial charge in [-0.1, -0.05) is 18.2 Å². The molecule has 1 aromatic carbocycles. The van der Waals surface area contributed by atoms with Gasteiger partial charge in [0.25, 0.3) is 0 Å². The zero-order chi connectivity index (χ0) is 7.23. The van der Waals surface area contributed by atoms with Gasteiger partial charge in [-0.2, -0.15) is 5.10 Å². The maximum Gasteiger partial charge on any atom is 0.0561 e. The zero-order valence-electron chi connectivity index (χ0n) is 5.91. The topological polar surface area (TPSA) is 24.4 Å². The largest absolute Gasteiger partial charge is 0.279 e. The molecule has 1 rings (SSSR count). The molecule has 0 unspecified atom stereocenters. The fourth-order valence-electron chi connectivity index (χ4n) is 0.652. The molecule has 10 heavy (non-hydrogen) atoms. The lowest BCUT2D eigenvalue weighted by Gasteiger charge is -1.95. The molecule has 0 radical (unpaired) electrons. The monoisotopic (exact) mass is 134 g/mol. The van der Waals surface area contributed by atoms with Crippen LogP contribution in [-0.4, -0.2) is 6.21 Å². The molecule has 0 heterocycles. The first-order chi connectivity index (χ1) is 4.93. The molecule has 52 valence electrons. The summed E-state index contributed by atoms with van der Waals surface area (Å²) in [5.41, 5.74) is 3.88. The van der Waals surface area contributed by atoms with E-state index in [0.29, 0.717) is 0 Å². The van der Waals surface area contributed by atoms with Gasteiger partial charge in [0.1, 0.15) is 0 Å². The van der Waals surface area contributed by atoms with Crippen molar-refractivity contribution < 1.29 is 0 Å². The Bertz CT molecular complexity index is 204. The van der Waals surface area contributed by atoms with Crippen LogP contribution in [0.3, 0.4) is 0 Å². The lowest BCUT2D eigenvalue weighted by Crippen LogP contribution is -1.85. The lowest BCUT2D eigenvalue weighted by atomic mass is 10.3. The second kappa shape index (κ2) is 3.67. The first-order valence-electron chi connectivity index (χ1n) is 3.22. The van der Waals surface area contributed by atoms with Crippen molar-refractivity contribution in [1.82, 2.24) is 0 Å². The fraction of sp³-hybridized carbons (Fsp3) is 0.125. The van der Waals surface area contributed by atoms with E-state index in [0.717, 1.165) is 5.69 Å². The third-order valence-corrected chi connectivity index (χ3v) is 1.10. The average molecular weight is 134 g/mol. The third-order valence-electron chi connectivity index (χ3n) is 1.10. The highest BCUT2D eigenvalue weighted by atomic mass is 15.3. The number of nitrogens with one attached hydrogen (secondary N) is 1. The molecule has 2 nitrogen and oxygen atoms in total. The minimum absolute atomic E-state index is 1.01. The molecule has 1 N–H and O–H groups in total. The summed E-state index contributed by atoms with van der Waals surface area (Å²) in [5, 5.41) is 3.87. The van der Waals surface area contributed by atoms with Crippen LogP contribution in [0.4, 0.5) is 5.69 Å². The number of rotatable bonds is 2. The normalized spacial score (nSPS) is 10.1. The van der Waals surface area contributed by atoms with Gasteiger partial charge in [0.2, 0.25) is 0 Å². The second-order valence-corrected chi connectivity index (χ2v) is 1.87. The fourth-order valence-corrected chi connectivity index (χ4v) is 0.652. The molecular formula is C8H10N2. The molecule has 0 aliphatic rings. The molecule has 0 aliphatic heterocycles. The number of para-hydroxylation sites is 1. The Labute approximate surface area is 60.6 Å². The van der Waals surface area contributed by atoms with E-state index >= 15 is 0 Å². The molecule has 0 atom stereocenters. The second-order valence-electron chi connectivity index (χ2n) is 1.87. The predicted molar refractivity (Wildman–Crippen MR) is 44.2 cm³/mol. The smallest absolute Gasteiger partial charge is 0.0561 e. The van der Waals surface area contributed by atoms with Crippen LogP contribution in [0.15, 0.2) is 35.4 Å². The van der Waals surface area contributed by atoms with Crippen LogP contribution in [0.25, 0.3) is 0 Å². The van der Waals surface area contributed by atoms with Gasteiger partial charge < -0.3 is 0 Å². The Morgan fingerprint density at radius 2 is 2.00 bits per heavy atom. The molecule has 1 aromatic rings. The highest BCUT2D eigenvalue weighted by Crippen LogP contribution is 2.03. The first-order valence-corrected chi connectivity index (χ1v) is 3.22. The van der Waals surface area contributed by atoms with Crippen LogP contribution >= 0.6 is 0 Å². The average Bonchev–Trinajstić information content (AvgIpc) is 2.03. The van der Waals surface area contributed by atoms with E-state index in [2.05, 4.69) is 10.5 Å². The van der Waals surface area contributed by atoms with Crippen molar-refractivity contribution in [3.63, 3.8) is 0 Å². The Hall–Kier alpha value is -1.31. The molecular weight excluding hydrogens is 124 g/mol. The molecule has 0 aliphatic carbocycles. The van der Waals surface area contributed by atoms with Crippen molar-refractivity contribution in [3.8, 4) is 0 Å². The maximum atomic E-state index is 3.87. The van der Waals surface area contributed by atoms with Crippen molar-refractivity contribution in [2.75, 3.05) is 5.43 Å². The lowest BCUT2D eigenvalue weighted by molar-refractivity contribution is 1.35. The summed E-state index contributed by atoms with van der Waals surface area (Å²) in [6.07, 6.45) is 1.72. The molecule has 0 amide bonds. The standard InChI is InChI=1S/C8H10N2/c1-2-9-10-8-6-4-3-5-7-8/h2-7,10H,1H3/b9-2-. The summed E-state index contributed by atoms with van der Waals surface area (Å²) < 4.78 is 0. The van der Waals surface area contributed by atoms with Gasteiger partial charge in [-0.15, -0.1) is 0 Å². The van der Waals surface area contributed by atoms with E-state index in [9.17, 15) is 0 Å². The molecule has 0 fully saturated rings. The summed E-state index contributed by atoms with van der Waals surface area (Å²) in [6.45, 7) is 1.87. The molecule has 0 aromatic heterocycles. The third kappa shape index (κ3) is 1.90. The SMILES string of the molecule is C/C=N\Nc1ccccc1. The number of nitrogens with zero attached hydrogens (tertiary/aromatic N) is 1. The van der Waals surface area contributed by atoms with E-state index in [1.54, 1.807) is 6.21 Å². The van der Waals surface area contributed by atoms with Crippen molar-refractivity contribution in [2.24, 2.45) is 5.10 Å². The minimum atomic E-state index is 1.01. The molecule has 0 spiro atoms. The number of anilines is 1. The predicted octanol–water partition coefficient (Wildman–Crippen LogP) is 2.10.